The molecule has 0 saturated heterocycles. The second kappa shape index (κ2) is 4.59. The fourth-order valence-electron chi connectivity index (χ4n) is 3.11. The predicted molar refractivity (Wildman–Crippen MR) is 71.0 cm³/mol. The molecule has 0 aromatic rings. The van der Waals surface area contributed by atoms with Crippen LogP contribution in [-0.2, 0) is 0 Å². The third-order valence-electron chi connectivity index (χ3n) is 4.23. The summed E-state index contributed by atoms with van der Waals surface area (Å²) in [5, 5.41) is 4.91. The van der Waals surface area contributed by atoms with Gasteiger partial charge < -0.3 is 5.32 Å². The SMILES string of the molecule is CCCC1CC1NC1=NC2CCCC2CS1. The third kappa shape index (κ3) is 2.24. The Bertz CT molecular complexity index is 290. The third-order valence-corrected chi connectivity index (χ3v) is 5.32. The lowest BCUT2D eigenvalue weighted by Gasteiger charge is -2.23. The maximum absolute atomic E-state index is 4.89. The summed E-state index contributed by atoms with van der Waals surface area (Å²) in [6, 6.07) is 1.41. The summed E-state index contributed by atoms with van der Waals surface area (Å²) in [6.45, 7) is 2.28. The standard InChI is InChI=1S/C13H22N2S/c1-2-4-9-7-12(9)15-13-14-11-6-3-5-10(11)8-16-13/h9-12H,2-8H2,1H3,(H,14,15). The summed E-state index contributed by atoms with van der Waals surface area (Å²) in [7, 11) is 0. The molecule has 3 heteroatoms. The highest BCUT2D eigenvalue weighted by Gasteiger charge is 2.38. The van der Waals surface area contributed by atoms with Crippen molar-refractivity contribution in [3.63, 3.8) is 0 Å². The second-order valence-corrected chi connectivity index (χ2v) is 6.55. The van der Waals surface area contributed by atoms with E-state index in [1.165, 1.54) is 49.4 Å². The Hall–Kier alpha value is -0.180. The number of nitrogens with one attached hydrogen (secondary N) is 1. The number of fused-ring (bicyclic) bond motifs is 1. The van der Waals surface area contributed by atoms with Crippen LogP contribution in [0.2, 0.25) is 0 Å². The number of hydrogen-bond donors (Lipinski definition) is 1. The van der Waals surface area contributed by atoms with Crippen LogP contribution in [-0.4, -0.2) is 23.0 Å². The van der Waals surface area contributed by atoms with E-state index in [0.29, 0.717) is 6.04 Å². The van der Waals surface area contributed by atoms with Gasteiger partial charge in [0.1, 0.15) is 0 Å². The summed E-state index contributed by atoms with van der Waals surface area (Å²) < 4.78 is 0. The Morgan fingerprint density at radius 2 is 2.38 bits per heavy atom. The number of aliphatic imine (C=N–C) groups is 1. The summed E-state index contributed by atoms with van der Waals surface area (Å²) in [5.41, 5.74) is 0. The zero-order valence-electron chi connectivity index (χ0n) is 10.1. The summed E-state index contributed by atoms with van der Waals surface area (Å²) in [6.07, 6.45) is 8.24. The molecule has 4 unspecified atom stereocenters. The van der Waals surface area contributed by atoms with Crippen molar-refractivity contribution < 1.29 is 0 Å². The lowest BCUT2D eigenvalue weighted by atomic mass is 10.1. The van der Waals surface area contributed by atoms with Gasteiger partial charge in [0, 0.05) is 11.8 Å². The van der Waals surface area contributed by atoms with Crippen molar-refractivity contribution in [2.24, 2.45) is 16.8 Å². The summed E-state index contributed by atoms with van der Waals surface area (Å²) >= 11 is 1.97. The molecule has 0 aromatic carbocycles. The first kappa shape index (κ1) is 10.9. The number of hydrogen-bond acceptors (Lipinski definition) is 3. The molecule has 0 radical (unpaired) electrons. The van der Waals surface area contributed by atoms with Gasteiger partial charge in [0.05, 0.1) is 6.04 Å². The summed E-state index contributed by atoms with van der Waals surface area (Å²) in [4.78, 5) is 4.89. The highest BCUT2D eigenvalue weighted by Crippen LogP contribution is 2.38. The quantitative estimate of drug-likeness (QED) is 0.817. The van der Waals surface area contributed by atoms with Crippen LogP contribution in [0.15, 0.2) is 4.99 Å². The van der Waals surface area contributed by atoms with Gasteiger partial charge in [-0.05, 0) is 37.5 Å². The van der Waals surface area contributed by atoms with Gasteiger partial charge in [-0.3, -0.25) is 4.99 Å². The molecule has 2 saturated carbocycles. The van der Waals surface area contributed by atoms with E-state index in [0.717, 1.165) is 17.9 Å². The maximum atomic E-state index is 4.89. The molecule has 3 aliphatic rings. The maximum Gasteiger partial charge on any atom is 0.157 e. The van der Waals surface area contributed by atoms with E-state index >= 15 is 0 Å². The zero-order chi connectivity index (χ0) is 11.0. The molecule has 4 atom stereocenters. The number of amidine groups is 1. The lowest BCUT2D eigenvalue weighted by molar-refractivity contribution is 0.532. The number of nitrogens with zero attached hydrogens (tertiary/aromatic N) is 1. The van der Waals surface area contributed by atoms with Gasteiger partial charge in [0.25, 0.3) is 0 Å². The van der Waals surface area contributed by atoms with Crippen LogP contribution < -0.4 is 5.32 Å². The van der Waals surface area contributed by atoms with Crippen molar-refractivity contribution in [1.29, 1.82) is 0 Å². The smallest absolute Gasteiger partial charge is 0.157 e. The van der Waals surface area contributed by atoms with E-state index < -0.39 is 0 Å². The average molecular weight is 238 g/mol. The van der Waals surface area contributed by atoms with E-state index in [2.05, 4.69) is 12.2 Å². The topological polar surface area (TPSA) is 24.4 Å². The van der Waals surface area contributed by atoms with Crippen molar-refractivity contribution in [1.82, 2.24) is 5.32 Å². The number of thioether (sulfide) groups is 1. The molecular formula is C13H22N2S. The highest BCUT2D eigenvalue weighted by atomic mass is 32.2. The van der Waals surface area contributed by atoms with E-state index in [1.54, 1.807) is 0 Å². The molecule has 0 amide bonds. The van der Waals surface area contributed by atoms with Crippen molar-refractivity contribution in [2.75, 3.05) is 5.75 Å². The zero-order valence-corrected chi connectivity index (χ0v) is 10.9. The fraction of sp³-hybridized carbons (Fsp3) is 0.923. The van der Waals surface area contributed by atoms with Crippen LogP contribution in [0.3, 0.4) is 0 Å². The van der Waals surface area contributed by atoms with Gasteiger partial charge in [-0.25, -0.2) is 0 Å². The molecule has 90 valence electrons. The molecule has 1 heterocycles. The van der Waals surface area contributed by atoms with E-state index in [-0.39, 0.29) is 0 Å². The normalized spacial score (nSPS) is 41.4. The van der Waals surface area contributed by atoms with Gasteiger partial charge in [-0.1, -0.05) is 31.5 Å². The molecule has 3 rings (SSSR count). The molecule has 2 aliphatic carbocycles. The minimum atomic E-state index is 0.659. The Balaban J connectivity index is 1.52. The van der Waals surface area contributed by atoms with Crippen molar-refractivity contribution in [3.8, 4) is 0 Å². The first-order valence-corrected chi connectivity index (χ1v) is 7.82. The molecule has 2 fully saturated rings. The first-order valence-electron chi connectivity index (χ1n) is 6.84. The minimum Gasteiger partial charge on any atom is -0.362 e. The van der Waals surface area contributed by atoms with Crippen LogP contribution in [0, 0.1) is 11.8 Å². The van der Waals surface area contributed by atoms with Crippen LogP contribution in [0.25, 0.3) is 0 Å². The van der Waals surface area contributed by atoms with Crippen LogP contribution in [0.1, 0.15) is 45.4 Å². The monoisotopic (exact) mass is 238 g/mol. The average Bonchev–Trinajstić information content (AvgIpc) is 2.85. The largest absolute Gasteiger partial charge is 0.362 e. The Morgan fingerprint density at radius 3 is 3.25 bits per heavy atom. The Labute approximate surface area is 103 Å². The highest BCUT2D eigenvalue weighted by molar-refractivity contribution is 8.13. The van der Waals surface area contributed by atoms with Crippen LogP contribution >= 0.6 is 11.8 Å². The fourth-order valence-corrected chi connectivity index (χ4v) is 4.31. The van der Waals surface area contributed by atoms with Crippen molar-refractivity contribution in [3.05, 3.63) is 0 Å². The van der Waals surface area contributed by atoms with Gasteiger partial charge >= 0.3 is 0 Å². The minimum absolute atomic E-state index is 0.659. The molecule has 1 aliphatic heterocycles. The molecule has 1 N–H and O–H groups in total. The van der Waals surface area contributed by atoms with Crippen molar-refractivity contribution >= 4 is 16.9 Å². The predicted octanol–water partition coefficient (Wildman–Crippen LogP) is 3.04. The van der Waals surface area contributed by atoms with Crippen LogP contribution in [0.4, 0.5) is 0 Å². The van der Waals surface area contributed by atoms with E-state index in [9.17, 15) is 0 Å². The molecule has 16 heavy (non-hydrogen) atoms. The van der Waals surface area contributed by atoms with Crippen LogP contribution in [0.5, 0.6) is 0 Å². The van der Waals surface area contributed by atoms with E-state index in [4.69, 9.17) is 4.99 Å². The van der Waals surface area contributed by atoms with Gasteiger partial charge in [-0.15, -0.1) is 0 Å². The molecule has 2 nitrogen and oxygen atoms in total. The lowest BCUT2D eigenvalue weighted by Crippen LogP contribution is -2.31. The van der Waals surface area contributed by atoms with Gasteiger partial charge in [0.2, 0.25) is 0 Å². The van der Waals surface area contributed by atoms with Crippen molar-refractivity contribution in [2.45, 2.75) is 57.5 Å². The number of rotatable bonds is 3. The van der Waals surface area contributed by atoms with E-state index in [1.807, 2.05) is 11.8 Å². The molecule has 0 bridgehead atoms. The Morgan fingerprint density at radius 1 is 1.44 bits per heavy atom. The second-order valence-electron chi connectivity index (χ2n) is 5.54. The summed E-state index contributed by atoms with van der Waals surface area (Å²) in [5.74, 6) is 3.14. The van der Waals surface area contributed by atoms with Gasteiger partial charge in [-0.2, -0.15) is 0 Å². The molecule has 0 spiro atoms. The Kier molecular flexibility index (Phi) is 3.14. The molecular weight excluding hydrogens is 216 g/mol. The molecule has 0 aromatic heterocycles. The van der Waals surface area contributed by atoms with Gasteiger partial charge in [0.15, 0.2) is 5.17 Å². The first-order chi connectivity index (χ1) is 7.86.